The Bertz CT molecular complexity index is 507. The third-order valence-corrected chi connectivity index (χ3v) is 4.05. The third-order valence-electron chi connectivity index (χ3n) is 2.74. The number of nitrogen functional groups attached to an aromatic ring is 1. The van der Waals surface area contributed by atoms with E-state index in [4.69, 9.17) is 17.3 Å². The van der Waals surface area contributed by atoms with E-state index in [0.29, 0.717) is 29.4 Å². The topological polar surface area (TPSA) is 63.4 Å². The van der Waals surface area contributed by atoms with Crippen LogP contribution in [0.2, 0.25) is 5.02 Å². The Labute approximate surface area is 114 Å². The Morgan fingerprint density at radius 2 is 2.28 bits per heavy atom. The van der Waals surface area contributed by atoms with Gasteiger partial charge < -0.3 is 10.6 Å². The molecule has 0 radical (unpaired) electrons. The molecule has 0 saturated carbocycles. The highest BCUT2D eigenvalue weighted by Crippen LogP contribution is 2.35. The van der Waals surface area contributed by atoms with E-state index in [2.05, 4.69) is 0 Å². The number of rotatable bonds is 2. The van der Waals surface area contributed by atoms with Gasteiger partial charge in [-0.15, -0.1) is 0 Å². The predicted octanol–water partition coefficient (Wildman–Crippen LogP) is 2.31. The monoisotopic (exact) mass is 284 g/mol. The first kappa shape index (κ1) is 13.2. The highest BCUT2D eigenvalue weighted by Gasteiger charge is 2.32. The molecular formula is C12H13ClN2O2S. The van der Waals surface area contributed by atoms with Crippen molar-refractivity contribution in [1.29, 1.82) is 0 Å². The molecule has 1 aromatic rings. The zero-order valence-corrected chi connectivity index (χ0v) is 11.4. The fourth-order valence-corrected chi connectivity index (χ4v) is 3.07. The number of carbonyl (C=O) groups is 2. The SMILES string of the molecule is CC(=O)SC1CC(=O)N(c2cccc(Cl)c2N)C1. The second-order valence-electron chi connectivity index (χ2n) is 4.11. The van der Waals surface area contributed by atoms with Gasteiger partial charge in [0.15, 0.2) is 5.12 Å². The van der Waals surface area contributed by atoms with Crippen LogP contribution in [0.15, 0.2) is 18.2 Å². The van der Waals surface area contributed by atoms with Gasteiger partial charge in [-0.25, -0.2) is 0 Å². The molecule has 1 heterocycles. The molecule has 1 fully saturated rings. The summed E-state index contributed by atoms with van der Waals surface area (Å²) in [5.74, 6) is -0.0253. The lowest BCUT2D eigenvalue weighted by Crippen LogP contribution is -2.25. The van der Waals surface area contributed by atoms with Crippen LogP contribution < -0.4 is 10.6 Å². The van der Waals surface area contributed by atoms with E-state index in [1.165, 1.54) is 18.7 Å². The van der Waals surface area contributed by atoms with E-state index in [9.17, 15) is 9.59 Å². The first-order valence-corrected chi connectivity index (χ1v) is 6.76. The van der Waals surface area contributed by atoms with Gasteiger partial charge in [-0.05, 0) is 12.1 Å². The molecule has 1 amide bonds. The Morgan fingerprint density at radius 3 is 2.94 bits per heavy atom. The molecule has 0 aromatic heterocycles. The molecule has 4 nitrogen and oxygen atoms in total. The summed E-state index contributed by atoms with van der Waals surface area (Å²) in [7, 11) is 0. The van der Waals surface area contributed by atoms with Crippen molar-refractivity contribution in [3.8, 4) is 0 Å². The van der Waals surface area contributed by atoms with Crippen LogP contribution >= 0.6 is 23.4 Å². The summed E-state index contributed by atoms with van der Waals surface area (Å²) in [4.78, 5) is 24.6. The molecule has 2 rings (SSSR count). The van der Waals surface area contributed by atoms with Crippen LogP contribution in [0.3, 0.4) is 0 Å². The van der Waals surface area contributed by atoms with Gasteiger partial charge in [0.25, 0.3) is 0 Å². The predicted molar refractivity (Wildman–Crippen MR) is 74.9 cm³/mol. The summed E-state index contributed by atoms with van der Waals surface area (Å²) in [5.41, 5.74) is 6.90. The Balaban J connectivity index is 2.22. The molecule has 1 aromatic carbocycles. The van der Waals surface area contributed by atoms with Crippen LogP contribution in [0.25, 0.3) is 0 Å². The molecule has 1 atom stereocenters. The molecule has 96 valence electrons. The van der Waals surface area contributed by atoms with Crippen LogP contribution in [0, 0.1) is 0 Å². The summed E-state index contributed by atoms with van der Waals surface area (Å²) < 4.78 is 0. The van der Waals surface area contributed by atoms with E-state index < -0.39 is 0 Å². The van der Waals surface area contributed by atoms with Gasteiger partial charge in [0.05, 0.1) is 16.4 Å². The van der Waals surface area contributed by atoms with Gasteiger partial charge in [-0.3, -0.25) is 9.59 Å². The van der Waals surface area contributed by atoms with Crippen molar-refractivity contribution in [2.45, 2.75) is 18.6 Å². The second kappa shape index (κ2) is 5.20. The molecule has 1 unspecified atom stereocenters. The highest BCUT2D eigenvalue weighted by molar-refractivity contribution is 8.14. The van der Waals surface area contributed by atoms with E-state index in [1.54, 1.807) is 23.1 Å². The maximum atomic E-state index is 11.9. The van der Waals surface area contributed by atoms with Crippen molar-refractivity contribution in [1.82, 2.24) is 0 Å². The number of halogens is 1. The first-order valence-electron chi connectivity index (χ1n) is 5.50. The van der Waals surface area contributed by atoms with Crippen molar-refractivity contribution in [2.24, 2.45) is 0 Å². The number of nitrogens with two attached hydrogens (primary N) is 1. The second-order valence-corrected chi connectivity index (χ2v) is 6.00. The fraction of sp³-hybridized carbons (Fsp3) is 0.333. The van der Waals surface area contributed by atoms with Gasteiger partial charge in [-0.1, -0.05) is 29.4 Å². The van der Waals surface area contributed by atoms with Crippen LogP contribution in [-0.4, -0.2) is 22.8 Å². The minimum Gasteiger partial charge on any atom is -0.396 e. The smallest absolute Gasteiger partial charge is 0.228 e. The van der Waals surface area contributed by atoms with Crippen molar-refractivity contribution in [3.63, 3.8) is 0 Å². The molecule has 1 aliphatic heterocycles. The molecule has 0 spiro atoms. The molecule has 2 N–H and O–H groups in total. The zero-order chi connectivity index (χ0) is 13.3. The first-order chi connectivity index (χ1) is 8.49. The molecule has 1 aliphatic rings. The average molecular weight is 285 g/mol. The van der Waals surface area contributed by atoms with Gasteiger partial charge in [0.2, 0.25) is 5.91 Å². The Kier molecular flexibility index (Phi) is 3.82. The lowest BCUT2D eigenvalue weighted by atomic mass is 10.2. The van der Waals surface area contributed by atoms with Crippen LogP contribution in [-0.2, 0) is 9.59 Å². The molecule has 1 saturated heterocycles. The van der Waals surface area contributed by atoms with Crippen LogP contribution in [0.4, 0.5) is 11.4 Å². The van der Waals surface area contributed by atoms with Gasteiger partial charge in [0, 0.05) is 25.1 Å². The summed E-state index contributed by atoms with van der Waals surface area (Å²) in [6.07, 6.45) is 0.357. The largest absolute Gasteiger partial charge is 0.396 e. The van der Waals surface area contributed by atoms with Gasteiger partial charge in [-0.2, -0.15) is 0 Å². The lowest BCUT2D eigenvalue weighted by molar-refractivity contribution is -0.117. The van der Waals surface area contributed by atoms with Crippen LogP contribution in [0.5, 0.6) is 0 Å². The minimum absolute atomic E-state index is 0.00613. The quantitative estimate of drug-likeness (QED) is 0.847. The van der Waals surface area contributed by atoms with Gasteiger partial charge >= 0.3 is 0 Å². The van der Waals surface area contributed by atoms with E-state index in [0.717, 1.165) is 0 Å². The average Bonchev–Trinajstić information content (AvgIpc) is 2.62. The number of para-hydroxylation sites is 1. The minimum atomic E-state index is -0.0253. The number of amides is 1. The molecule has 6 heteroatoms. The number of thioether (sulfide) groups is 1. The lowest BCUT2D eigenvalue weighted by Gasteiger charge is -2.19. The van der Waals surface area contributed by atoms with Crippen molar-refractivity contribution >= 4 is 45.8 Å². The van der Waals surface area contributed by atoms with Crippen molar-refractivity contribution in [2.75, 3.05) is 17.2 Å². The van der Waals surface area contributed by atoms with Crippen LogP contribution in [0.1, 0.15) is 13.3 Å². The number of anilines is 2. The summed E-state index contributed by atoms with van der Waals surface area (Å²) >= 11 is 7.14. The maximum Gasteiger partial charge on any atom is 0.228 e. The number of carbonyl (C=O) groups excluding carboxylic acids is 2. The van der Waals surface area contributed by atoms with E-state index in [1.807, 2.05) is 0 Å². The fourth-order valence-electron chi connectivity index (χ4n) is 1.98. The highest BCUT2D eigenvalue weighted by atomic mass is 35.5. The maximum absolute atomic E-state index is 11.9. The number of nitrogens with zero attached hydrogens (tertiary/aromatic N) is 1. The summed E-state index contributed by atoms with van der Waals surface area (Å²) in [5, 5.41) is 0.449. The molecular weight excluding hydrogens is 272 g/mol. The summed E-state index contributed by atoms with van der Waals surface area (Å²) in [6, 6.07) is 5.20. The van der Waals surface area contributed by atoms with E-state index >= 15 is 0 Å². The normalized spacial score (nSPS) is 19.3. The third kappa shape index (κ3) is 2.62. The Hall–Kier alpha value is -1.20. The number of hydrogen-bond donors (Lipinski definition) is 1. The van der Waals surface area contributed by atoms with Crippen molar-refractivity contribution < 1.29 is 9.59 Å². The van der Waals surface area contributed by atoms with E-state index in [-0.39, 0.29) is 16.3 Å². The molecule has 0 bridgehead atoms. The summed E-state index contributed by atoms with van der Waals surface area (Å²) in [6.45, 7) is 2.00. The van der Waals surface area contributed by atoms with Gasteiger partial charge in [0.1, 0.15) is 0 Å². The number of hydrogen-bond acceptors (Lipinski definition) is 4. The number of benzene rings is 1. The zero-order valence-electron chi connectivity index (χ0n) is 9.85. The molecule has 18 heavy (non-hydrogen) atoms. The standard InChI is InChI=1S/C12H13ClN2O2S/c1-7(16)18-8-5-11(17)15(6-8)10-4-2-3-9(13)12(10)14/h2-4,8H,5-6,14H2,1H3. The Morgan fingerprint density at radius 1 is 1.56 bits per heavy atom. The molecule has 0 aliphatic carbocycles. The van der Waals surface area contributed by atoms with Crippen molar-refractivity contribution in [3.05, 3.63) is 23.2 Å².